The monoisotopic (exact) mass is 411 g/mol. The summed E-state index contributed by atoms with van der Waals surface area (Å²) < 4.78 is 20.3. The maximum atomic E-state index is 14.8. The fourth-order valence-corrected chi connectivity index (χ4v) is 3.93. The molecule has 30 heavy (non-hydrogen) atoms. The first kappa shape index (κ1) is 20.2. The van der Waals surface area contributed by atoms with Crippen LogP contribution in [0.25, 0.3) is 22.2 Å². The number of ether oxygens (including phenoxy) is 1. The van der Waals surface area contributed by atoms with Gasteiger partial charge in [-0.05, 0) is 56.3 Å². The van der Waals surface area contributed by atoms with Crippen molar-refractivity contribution >= 4 is 22.6 Å². The zero-order valence-corrected chi connectivity index (χ0v) is 17.5. The second kappa shape index (κ2) is 7.95. The van der Waals surface area contributed by atoms with E-state index in [0.717, 1.165) is 30.5 Å². The number of carbonyl (C=O) groups excluding carboxylic acids is 1. The smallest absolute Gasteiger partial charge is 0.253 e. The van der Waals surface area contributed by atoms with Crippen LogP contribution in [0.1, 0.15) is 22.3 Å². The summed E-state index contributed by atoms with van der Waals surface area (Å²) in [5.74, 6) is -0.583. The lowest BCUT2D eigenvalue weighted by Crippen LogP contribution is -2.30. The quantitative estimate of drug-likeness (QED) is 0.651. The minimum Gasteiger partial charge on any atom is -0.490 e. The average Bonchev–Trinajstić information content (AvgIpc) is 3.20. The van der Waals surface area contributed by atoms with Crippen LogP contribution in [-0.4, -0.2) is 61.6 Å². The van der Waals surface area contributed by atoms with Gasteiger partial charge in [-0.3, -0.25) is 4.79 Å². The molecule has 0 aliphatic carbocycles. The first-order valence-corrected chi connectivity index (χ1v) is 9.98. The lowest BCUT2D eigenvalue weighted by Gasteiger charge is -2.25. The Labute approximate surface area is 174 Å². The van der Waals surface area contributed by atoms with Crippen molar-refractivity contribution in [2.45, 2.75) is 12.8 Å². The number of aromatic amines is 1. The van der Waals surface area contributed by atoms with Crippen molar-refractivity contribution in [1.82, 2.24) is 14.9 Å². The van der Waals surface area contributed by atoms with E-state index in [1.165, 1.54) is 12.4 Å². The Kier molecular flexibility index (Phi) is 5.34. The zero-order valence-electron chi connectivity index (χ0n) is 17.5. The number of rotatable bonds is 6. The Morgan fingerprint density at radius 2 is 2.07 bits per heavy atom. The molecule has 8 heteroatoms. The van der Waals surface area contributed by atoms with E-state index in [0.29, 0.717) is 46.7 Å². The molecule has 0 fully saturated rings. The van der Waals surface area contributed by atoms with Crippen molar-refractivity contribution in [3.63, 3.8) is 0 Å². The van der Waals surface area contributed by atoms with Gasteiger partial charge in [-0.1, -0.05) is 0 Å². The van der Waals surface area contributed by atoms with Gasteiger partial charge in [-0.25, -0.2) is 9.37 Å². The SMILES string of the molecule is CN(C)CCN(C)c1cc(-c2cc(F)c3c(c2)CCCO3)c2nc[nH]c2c1C(N)=O. The van der Waals surface area contributed by atoms with Crippen LogP contribution in [0.2, 0.25) is 0 Å². The van der Waals surface area contributed by atoms with Crippen LogP contribution in [0.3, 0.4) is 0 Å². The molecule has 0 saturated heterocycles. The van der Waals surface area contributed by atoms with E-state index in [9.17, 15) is 9.18 Å². The number of hydrogen-bond donors (Lipinski definition) is 2. The molecule has 158 valence electrons. The number of H-pyrrole nitrogens is 1. The third-order valence-corrected chi connectivity index (χ3v) is 5.49. The average molecular weight is 411 g/mol. The van der Waals surface area contributed by atoms with Crippen molar-refractivity contribution in [3.8, 4) is 16.9 Å². The summed E-state index contributed by atoms with van der Waals surface area (Å²) in [5, 5.41) is 0. The molecule has 7 nitrogen and oxygen atoms in total. The standard InChI is InChI=1S/C22H26FN5O2/c1-27(2)6-7-28(3)17-11-15(19-20(26-12-25-19)18(17)22(24)29)14-9-13-5-4-8-30-21(13)16(23)10-14/h9-12H,4-8H2,1-3H3,(H2,24,29)(H,25,26). The molecule has 2 heterocycles. The molecule has 1 aliphatic heterocycles. The molecule has 0 unspecified atom stereocenters. The van der Waals surface area contributed by atoms with Crippen LogP contribution >= 0.6 is 0 Å². The van der Waals surface area contributed by atoms with Crippen molar-refractivity contribution in [2.24, 2.45) is 5.73 Å². The summed E-state index contributed by atoms with van der Waals surface area (Å²) in [5.41, 5.74) is 10.2. The molecule has 0 atom stereocenters. The summed E-state index contributed by atoms with van der Waals surface area (Å²) in [4.78, 5) is 23.8. The fourth-order valence-electron chi connectivity index (χ4n) is 3.93. The third-order valence-electron chi connectivity index (χ3n) is 5.49. The number of aryl methyl sites for hydroxylation is 1. The number of hydrogen-bond acceptors (Lipinski definition) is 5. The van der Waals surface area contributed by atoms with E-state index in [1.807, 2.05) is 38.2 Å². The number of nitrogens with one attached hydrogen (secondary N) is 1. The Morgan fingerprint density at radius 3 is 2.80 bits per heavy atom. The Morgan fingerprint density at radius 1 is 1.27 bits per heavy atom. The topological polar surface area (TPSA) is 87.5 Å². The maximum absolute atomic E-state index is 14.8. The molecule has 0 bridgehead atoms. The highest BCUT2D eigenvalue weighted by atomic mass is 19.1. The number of aromatic nitrogens is 2. The second-order valence-corrected chi connectivity index (χ2v) is 7.93. The number of imidazole rings is 1. The van der Waals surface area contributed by atoms with Crippen LogP contribution in [0, 0.1) is 5.82 Å². The van der Waals surface area contributed by atoms with E-state index in [2.05, 4.69) is 14.9 Å². The lowest BCUT2D eigenvalue weighted by molar-refractivity contribution is 0.100. The van der Waals surface area contributed by atoms with Gasteiger partial charge in [0.1, 0.15) is 0 Å². The van der Waals surface area contributed by atoms with Crippen molar-refractivity contribution in [1.29, 1.82) is 0 Å². The third kappa shape index (κ3) is 3.59. The molecule has 0 radical (unpaired) electrons. The molecular weight excluding hydrogens is 385 g/mol. The Hall–Kier alpha value is -3.13. The van der Waals surface area contributed by atoms with E-state index < -0.39 is 5.91 Å². The molecule has 0 saturated carbocycles. The summed E-state index contributed by atoms with van der Waals surface area (Å²) in [6, 6.07) is 5.31. The van der Waals surface area contributed by atoms with Crippen LogP contribution in [0.5, 0.6) is 5.75 Å². The maximum Gasteiger partial charge on any atom is 0.253 e. The number of halogens is 1. The van der Waals surface area contributed by atoms with E-state index in [-0.39, 0.29) is 5.82 Å². The predicted octanol–water partition coefficient (Wildman–Crippen LogP) is 2.79. The highest BCUT2D eigenvalue weighted by Crippen LogP contribution is 2.39. The van der Waals surface area contributed by atoms with Crippen LogP contribution < -0.4 is 15.4 Å². The summed E-state index contributed by atoms with van der Waals surface area (Å²) in [6.45, 7) is 2.02. The number of anilines is 1. The van der Waals surface area contributed by atoms with Gasteiger partial charge in [-0.2, -0.15) is 0 Å². The molecule has 3 N–H and O–H groups in total. The highest BCUT2D eigenvalue weighted by Gasteiger charge is 2.23. The molecule has 2 aromatic carbocycles. The van der Waals surface area contributed by atoms with Crippen LogP contribution in [0.15, 0.2) is 24.5 Å². The number of nitrogens with two attached hydrogens (primary N) is 1. The van der Waals surface area contributed by atoms with Crippen molar-refractivity contribution in [2.75, 3.05) is 45.7 Å². The molecule has 4 rings (SSSR count). The highest BCUT2D eigenvalue weighted by molar-refractivity contribution is 6.12. The number of benzene rings is 2. The minimum absolute atomic E-state index is 0.334. The van der Waals surface area contributed by atoms with Gasteiger partial charge in [-0.15, -0.1) is 0 Å². The van der Waals surface area contributed by atoms with Gasteiger partial charge in [0.25, 0.3) is 5.91 Å². The second-order valence-electron chi connectivity index (χ2n) is 7.93. The Bertz CT molecular complexity index is 1110. The summed E-state index contributed by atoms with van der Waals surface area (Å²) in [7, 11) is 5.90. The number of primary amides is 1. The van der Waals surface area contributed by atoms with Gasteiger partial charge in [0.2, 0.25) is 0 Å². The number of likely N-dealkylation sites (N-methyl/N-ethyl adjacent to an activating group) is 2. The van der Waals surface area contributed by atoms with Gasteiger partial charge in [0.15, 0.2) is 11.6 Å². The molecule has 3 aromatic rings. The van der Waals surface area contributed by atoms with E-state index in [1.54, 1.807) is 0 Å². The molecule has 1 aromatic heterocycles. The summed E-state index contributed by atoms with van der Waals surface area (Å²) in [6.07, 6.45) is 3.15. The zero-order chi connectivity index (χ0) is 21.4. The molecule has 1 amide bonds. The van der Waals surface area contributed by atoms with E-state index in [4.69, 9.17) is 10.5 Å². The molecule has 1 aliphatic rings. The van der Waals surface area contributed by atoms with Crippen LogP contribution in [0.4, 0.5) is 10.1 Å². The number of amides is 1. The summed E-state index contributed by atoms with van der Waals surface area (Å²) >= 11 is 0. The van der Waals surface area contributed by atoms with Crippen LogP contribution in [-0.2, 0) is 6.42 Å². The lowest BCUT2D eigenvalue weighted by atomic mass is 9.95. The normalized spacial score (nSPS) is 13.4. The van der Waals surface area contributed by atoms with Gasteiger partial charge >= 0.3 is 0 Å². The van der Waals surface area contributed by atoms with Crippen molar-refractivity contribution in [3.05, 3.63) is 41.5 Å². The predicted molar refractivity (Wildman–Crippen MR) is 116 cm³/mol. The first-order chi connectivity index (χ1) is 14.4. The minimum atomic E-state index is -0.535. The molecular formula is C22H26FN5O2. The van der Waals surface area contributed by atoms with Crippen molar-refractivity contribution < 1.29 is 13.9 Å². The number of carbonyl (C=O) groups is 1. The number of nitrogens with zero attached hydrogens (tertiary/aromatic N) is 3. The van der Waals surface area contributed by atoms with E-state index >= 15 is 0 Å². The number of fused-ring (bicyclic) bond motifs is 2. The molecule has 0 spiro atoms. The van der Waals surface area contributed by atoms with Gasteiger partial charge in [0.05, 0.1) is 35.2 Å². The fraction of sp³-hybridized carbons (Fsp3) is 0.364. The first-order valence-electron chi connectivity index (χ1n) is 9.98. The van der Waals surface area contributed by atoms with Gasteiger partial charge < -0.3 is 25.3 Å². The van der Waals surface area contributed by atoms with Gasteiger partial charge in [0, 0.05) is 25.7 Å². The largest absolute Gasteiger partial charge is 0.490 e. The Balaban J connectivity index is 1.91.